The van der Waals surface area contributed by atoms with Crippen molar-refractivity contribution in [2.24, 2.45) is 0 Å². The lowest BCUT2D eigenvalue weighted by Crippen LogP contribution is -2.29. The molecule has 8 heteroatoms. The molecule has 1 atom stereocenters. The Morgan fingerprint density at radius 2 is 2.25 bits per heavy atom. The van der Waals surface area contributed by atoms with Crippen molar-refractivity contribution in [3.8, 4) is 0 Å². The third kappa shape index (κ3) is 3.33. The van der Waals surface area contributed by atoms with E-state index in [0.717, 1.165) is 56.4 Å². The monoisotopic (exact) mass is 331 g/mol. The fourth-order valence-corrected chi connectivity index (χ4v) is 3.04. The van der Waals surface area contributed by atoms with Crippen LogP contribution in [0.5, 0.6) is 0 Å². The van der Waals surface area contributed by atoms with Crippen LogP contribution in [0.1, 0.15) is 54.0 Å². The summed E-state index contributed by atoms with van der Waals surface area (Å²) in [5.41, 5.74) is 1.37. The molecule has 3 heterocycles. The summed E-state index contributed by atoms with van der Waals surface area (Å²) in [5, 5.41) is 19.3. The van der Waals surface area contributed by atoms with Gasteiger partial charge in [-0.25, -0.2) is 0 Å². The van der Waals surface area contributed by atoms with Gasteiger partial charge in [-0.3, -0.25) is 9.48 Å². The van der Waals surface area contributed by atoms with Crippen molar-refractivity contribution in [1.82, 2.24) is 35.2 Å². The number of hydrogen-bond donors (Lipinski definition) is 2. The first-order valence-corrected chi connectivity index (χ1v) is 8.57. The number of carbonyl (C=O) groups excluding carboxylic acids is 1. The second kappa shape index (κ2) is 7.12. The van der Waals surface area contributed by atoms with Gasteiger partial charge in [0.25, 0.3) is 5.91 Å². The largest absolute Gasteiger partial charge is 0.342 e. The topological polar surface area (TPSA) is 89.7 Å². The molecule has 0 aliphatic carbocycles. The van der Waals surface area contributed by atoms with Crippen molar-refractivity contribution in [3.05, 3.63) is 29.1 Å². The maximum absolute atomic E-state index is 12.6. The van der Waals surface area contributed by atoms with E-state index < -0.39 is 0 Å². The quantitative estimate of drug-likeness (QED) is 0.847. The maximum atomic E-state index is 12.6. The number of nitrogens with zero attached hydrogens (tertiary/aromatic N) is 5. The molecular weight excluding hydrogens is 306 g/mol. The molecule has 0 fully saturated rings. The summed E-state index contributed by atoms with van der Waals surface area (Å²) in [7, 11) is 0. The molecule has 0 unspecified atom stereocenters. The van der Waals surface area contributed by atoms with E-state index in [1.807, 2.05) is 24.7 Å². The number of carbonyl (C=O) groups is 1. The summed E-state index contributed by atoms with van der Waals surface area (Å²) in [6, 6.07) is -0.203. The van der Waals surface area contributed by atoms with Gasteiger partial charge in [0.05, 0.1) is 17.3 Å². The second-order valence-electron chi connectivity index (χ2n) is 6.21. The highest BCUT2D eigenvalue weighted by Gasteiger charge is 2.22. The number of aryl methyl sites for hydroxylation is 2. The van der Waals surface area contributed by atoms with Gasteiger partial charge in [-0.1, -0.05) is 6.92 Å². The number of amides is 1. The highest BCUT2D eigenvalue weighted by Crippen LogP contribution is 2.15. The minimum Gasteiger partial charge on any atom is -0.342 e. The Bertz CT molecular complexity index is 718. The van der Waals surface area contributed by atoms with Crippen LogP contribution < -0.4 is 10.6 Å². The lowest BCUT2D eigenvalue weighted by Gasteiger charge is -2.15. The molecule has 0 saturated heterocycles. The zero-order valence-electron chi connectivity index (χ0n) is 14.5. The third-order valence-electron chi connectivity index (χ3n) is 4.27. The lowest BCUT2D eigenvalue weighted by atomic mass is 10.2. The zero-order chi connectivity index (χ0) is 17.1. The molecule has 0 saturated carbocycles. The Labute approximate surface area is 141 Å². The third-order valence-corrected chi connectivity index (χ3v) is 4.27. The van der Waals surface area contributed by atoms with Crippen LogP contribution in [-0.2, 0) is 19.5 Å². The standard InChI is InChI=1S/C16H25N7O/c1-4-8-22-10-13(11(2)21-22)16(24)18-12(3)15-20-19-14-5-6-17-7-9-23(14)15/h10,12,17H,4-9H2,1-3H3,(H,18,24)/t12-/m1/s1. The van der Waals surface area contributed by atoms with Gasteiger partial charge >= 0.3 is 0 Å². The number of aromatic nitrogens is 5. The van der Waals surface area contributed by atoms with Gasteiger partial charge in [0.15, 0.2) is 5.82 Å². The van der Waals surface area contributed by atoms with Gasteiger partial charge < -0.3 is 15.2 Å². The van der Waals surface area contributed by atoms with Crippen molar-refractivity contribution >= 4 is 5.91 Å². The molecule has 0 spiro atoms. The van der Waals surface area contributed by atoms with Crippen LogP contribution in [0.25, 0.3) is 0 Å². The Morgan fingerprint density at radius 3 is 3.04 bits per heavy atom. The summed E-state index contributed by atoms with van der Waals surface area (Å²) >= 11 is 0. The predicted octanol–water partition coefficient (Wildman–Crippen LogP) is 0.830. The van der Waals surface area contributed by atoms with Gasteiger partial charge in [-0.05, 0) is 20.3 Å². The van der Waals surface area contributed by atoms with E-state index in [1.165, 1.54) is 0 Å². The van der Waals surface area contributed by atoms with E-state index in [0.29, 0.717) is 5.56 Å². The first-order chi connectivity index (χ1) is 11.6. The van der Waals surface area contributed by atoms with Gasteiger partial charge in [0.2, 0.25) is 0 Å². The molecule has 0 radical (unpaired) electrons. The molecule has 3 rings (SSSR count). The molecule has 0 bridgehead atoms. The van der Waals surface area contributed by atoms with Crippen LogP contribution in [0.3, 0.4) is 0 Å². The second-order valence-corrected chi connectivity index (χ2v) is 6.21. The van der Waals surface area contributed by atoms with E-state index in [1.54, 1.807) is 0 Å². The van der Waals surface area contributed by atoms with Gasteiger partial charge in [0, 0.05) is 38.8 Å². The molecule has 130 valence electrons. The highest BCUT2D eigenvalue weighted by molar-refractivity contribution is 5.95. The molecular formula is C16H25N7O. The predicted molar refractivity (Wildman–Crippen MR) is 89.7 cm³/mol. The van der Waals surface area contributed by atoms with E-state index in [9.17, 15) is 4.79 Å². The zero-order valence-corrected chi connectivity index (χ0v) is 14.5. The minimum absolute atomic E-state index is 0.119. The van der Waals surface area contributed by atoms with Crippen LogP contribution in [0.4, 0.5) is 0 Å². The smallest absolute Gasteiger partial charge is 0.255 e. The average Bonchev–Trinajstić information content (AvgIpc) is 3.03. The lowest BCUT2D eigenvalue weighted by molar-refractivity contribution is 0.0937. The first-order valence-electron chi connectivity index (χ1n) is 8.57. The summed E-state index contributed by atoms with van der Waals surface area (Å²) in [6.07, 6.45) is 3.66. The van der Waals surface area contributed by atoms with E-state index in [-0.39, 0.29) is 11.9 Å². The summed E-state index contributed by atoms with van der Waals surface area (Å²) in [5.74, 6) is 1.66. The molecule has 2 aromatic rings. The van der Waals surface area contributed by atoms with Gasteiger partial charge in [-0.2, -0.15) is 5.10 Å². The van der Waals surface area contributed by atoms with Crippen LogP contribution in [0, 0.1) is 6.92 Å². The summed E-state index contributed by atoms with van der Waals surface area (Å²) in [6.45, 7) is 9.33. The average molecular weight is 331 g/mol. The number of rotatable bonds is 5. The fourth-order valence-electron chi connectivity index (χ4n) is 3.04. The van der Waals surface area contributed by atoms with Crippen LogP contribution >= 0.6 is 0 Å². The summed E-state index contributed by atoms with van der Waals surface area (Å²) in [4.78, 5) is 12.6. The van der Waals surface area contributed by atoms with E-state index in [2.05, 4.69) is 37.4 Å². The normalized spacial score (nSPS) is 15.6. The van der Waals surface area contributed by atoms with E-state index in [4.69, 9.17) is 0 Å². The molecule has 2 N–H and O–H groups in total. The van der Waals surface area contributed by atoms with Crippen molar-refractivity contribution < 1.29 is 4.79 Å². The molecule has 1 aliphatic rings. The van der Waals surface area contributed by atoms with Crippen molar-refractivity contribution in [3.63, 3.8) is 0 Å². The molecule has 1 aliphatic heterocycles. The van der Waals surface area contributed by atoms with Gasteiger partial charge in [-0.15, -0.1) is 10.2 Å². The van der Waals surface area contributed by atoms with Gasteiger partial charge in [0.1, 0.15) is 5.82 Å². The molecule has 8 nitrogen and oxygen atoms in total. The minimum atomic E-state index is -0.203. The number of fused-ring (bicyclic) bond motifs is 1. The van der Waals surface area contributed by atoms with Crippen molar-refractivity contribution in [2.45, 2.75) is 52.7 Å². The number of nitrogens with one attached hydrogen (secondary N) is 2. The molecule has 1 amide bonds. The highest BCUT2D eigenvalue weighted by atomic mass is 16.1. The Balaban J connectivity index is 1.74. The first kappa shape index (κ1) is 16.6. The molecule has 24 heavy (non-hydrogen) atoms. The van der Waals surface area contributed by atoms with Crippen molar-refractivity contribution in [1.29, 1.82) is 0 Å². The Morgan fingerprint density at radius 1 is 1.42 bits per heavy atom. The Kier molecular flexibility index (Phi) is 4.94. The van der Waals surface area contributed by atoms with Crippen LogP contribution in [-0.4, -0.2) is 43.5 Å². The fraction of sp³-hybridized carbons (Fsp3) is 0.625. The Hall–Kier alpha value is -2.22. The molecule has 0 aromatic carbocycles. The summed E-state index contributed by atoms with van der Waals surface area (Å²) < 4.78 is 3.93. The maximum Gasteiger partial charge on any atom is 0.255 e. The van der Waals surface area contributed by atoms with E-state index >= 15 is 0 Å². The molecule has 2 aromatic heterocycles. The number of hydrogen-bond acceptors (Lipinski definition) is 5. The van der Waals surface area contributed by atoms with Crippen LogP contribution in [0.2, 0.25) is 0 Å². The SMILES string of the molecule is CCCn1cc(C(=O)N[C@H](C)c2nnc3n2CCNCC3)c(C)n1. The van der Waals surface area contributed by atoms with Crippen molar-refractivity contribution in [2.75, 3.05) is 13.1 Å². The van der Waals surface area contributed by atoms with Crippen LogP contribution in [0.15, 0.2) is 6.20 Å².